The van der Waals surface area contributed by atoms with Crippen LogP contribution in [0, 0.1) is 5.92 Å². The molecule has 0 aliphatic heterocycles. The van der Waals surface area contributed by atoms with Gasteiger partial charge in [0.25, 0.3) is 0 Å². The molecule has 0 fully saturated rings. The van der Waals surface area contributed by atoms with Crippen molar-refractivity contribution in [3.8, 4) is 0 Å². The minimum atomic E-state index is -0.455. The van der Waals surface area contributed by atoms with E-state index in [0.717, 1.165) is 6.54 Å². The summed E-state index contributed by atoms with van der Waals surface area (Å²) >= 11 is 0. The molecule has 1 aromatic carbocycles. The third-order valence-electron chi connectivity index (χ3n) is 3.34. The van der Waals surface area contributed by atoms with Crippen molar-refractivity contribution in [2.75, 3.05) is 20.1 Å². The Balaban J connectivity index is 2.48. The van der Waals surface area contributed by atoms with Gasteiger partial charge in [-0.3, -0.25) is 0 Å². The highest BCUT2D eigenvalue weighted by atomic mass is 16.6. The fourth-order valence-corrected chi connectivity index (χ4v) is 2.22. The summed E-state index contributed by atoms with van der Waals surface area (Å²) in [6, 6.07) is 10.7. The SMILES string of the molecule is CC(C)C(NCCN(C)C(=O)OC(C)(C)C)c1ccccc1. The van der Waals surface area contributed by atoms with Gasteiger partial charge in [-0.25, -0.2) is 4.79 Å². The molecule has 4 heteroatoms. The molecule has 4 nitrogen and oxygen atoms in total. The molecule has 0 aromatic heterocycles. The summed E-state index contributed by atoms with van der Waals surface area (Å²) in [5.74, 6) is 0.481. The smallest absolute Gasteiger partial charge is 0.410 e. The lowest BCUT2D eigenvalue weighted by Crippen LogP contribution is -2.39. The number of nitrogens with one attached hydrogen (secondary N) is 1. The molecule has 1 amide bonds. The standard InChI is InChI=1S/C18H30N2O2/c1-14(2)16(15-10-8-7-9-11-15)19-12-13-20(6)17(21)22-18(3,4)5/h7-11,14,16,19H,12-13H2,1-6H3. The molecule has 0 radical (unpaired) electrons. The van der Waals surface area contributed by atoms with Crippen molar-refractivity contribution in [1.29, 1.82) is 0 Å². The Labute approximate surface area is 134 Å². The predicted octanol–water partition coefficient (Wildman–Crippen LogP) is 3.84. The summed E-state index contributed by atoms with van der Waals surface area (Å²) < 4.78 is 5.35. The van der Waals surface area contributed by atoms with Gasteiger partial charge in [-0.1, -0.05) is 44.2 Å². The number of ether oxygens (including phenoxy) is 1. The second kappa shape index (κ2) is 8.18. The molecule has 0 aliphatic rings. The van der Waals surface area contributed by atoms with E-state index in [-0.39, 0.29) is 12.1 Å². The normalized spacial score (nSPS) is 13.0. The zero-order valence-electron chi connectivity index (χ0n) is 14.7. The summed E-state index contributed by atoms with van der Waals surface area (Å²) in [6.07, 6.45) is -0.282. The lowest BCUT2D eigenvalue weighted by Gasteiger charge is -2.27. The molecular weight excluding hydrogens is 276 g/mol. The van der Waals surface area contributed by atoms with Crippen LogP contribution in [0.25, 0.3) is 0 Å². The maximum Gasteiger partial charge on any atom is 0.410 e. The third-order valence-corrected chi connectivity index (χ3v) is 3.34. The lowest BCUT2D eigenvalue weighted by molar-refractivity contribution is 0.0299. The molecule has 1 N–H and O–H groups in total. The molecule has 0 spiro atoms. The van der Waals surface area contributed by atoms with E-state index in [1.54, 1.807) is 11.9 Å². The Bertz CT molecular complexity index is 452. The van der Waals surface area contributed by atoms with E-state index in [4.69, 9.17) is 4.74 Å². The van der Waals surface area contributed by atoms with Crippen LogP contribution in [0.2, 0.25) is 0 Å². The molecule has 0 aliphatic carbocycles. The van der Waals surface area contributed by atoms with E-state index >= 15 is 0 Å². The van der Waals surface area contributed by atoms with Gasteiger partial charge in [-0.15, -0.1) is 0 Å². The van der Waals surface area contributed by atoms with Crippen molar-refractivity contribution < 1.29 is 9.53 Å². The molecule has 0 saturated heterocycles. The minimum absolute atomic E-state index is 0.282. The molecule has 1 rings (SSSR count). The van der Waals surface area contributed by atoms with Crippen LogP contribution in [0.4, 0.5) is 4.79 Å². The van der Waals surface area contributed by atoms with Gasteiger partial charge in [0.2, 0.25) is 0 Å². The van der Waals surface area contributed by atoms with Gasteiger partial charge in [0, 0.05) is 26.2 Å². The highest BCUT2D eigenvalue weighted by Gasteiger charge is 2.20. The third kappa shape index (κ3) is 6.48. The van der Waals surface area contributed by atoms with E-state index in [9.17, 15) is 4.79 Å². The fraction of sp³-hybridized carbons (Fsp3) is 0.611. The minimum Gasteiger partial charge on any atom is -0.444 e. The summed E-state index contributed by atoms with van der Waals surface area (Å²) in [7, 11) is 1.77. The highest BCUT2D eigenvalue weighted by molar-refractivity contribution is 5.67. The van der Waals surface area contributed by atoms with Crippen LogP contribution < -0.4 is 5.32 Å². The van der Waals surface area contributed by atoms with Crippen LogP contribution >= 0.6 is 0 Å². The Morgan fingerprint density at radius 3 is 2.32 bits per heavy atom. The first kappa shape index (κ1) is 18.5. The highest BCUT2D eigenvalue weighted by Crippen LogP contribution is 2.20. The molecule has 124 valence electrons. The first-order valence-electron chi connectivity index (χ1n) is 7.93. The van der Waals surface area contributed by atoms with Gasteiger partial charge in [0.15, 0.2) is 0 Å². The van der Waals surface area contributed by atoms with Crippen LogP contribution in [0.15, 0.2) is 30.3 Å². The summed E-state index contributed by atoms with van der Waals surface area (Å²) in [4.78, 5) is 13.5. The Morgan fingerprint density at radius 1 is 1.23 bits per heavy atom. The number of nitrogens with zero attached hydrogens (tertiary/aromatic N) is 1. The van der Waals surface area contributed by atoms with Crippen LogP contribution in [0.3, 0.4) is 0 Å². The number of hydrogen-bond donors (Lipinski definition) is 1. The van der Waals surface area contributed by atoms with Gasteiger partial charge in [0.1, 0.15) is 5.60 Å². The van der Waals surface area contributed by atoms with Crippen LogP contribution in [-0.2, 0) is 4.74 Å². The van der Waals surface area contributed by atoms with E-state index < -0.39 is 5.60 Å². The van der Waals surface area contributed by atoms with Gasteiger partial charge >= 0.3 is 6.09 Å². The van der Waals surface area contributed by atoms with Gasteiger partial charge in [-0.05, 0) is 32.3 Å². The van der Waals surface area contributed by atoms with Crippen LogP contribution in [0.1, 0.15) is 46.2 Å². The quantitative estimate of drug-likeness (QED) is 0.868. The zero-order chi connectivity index (χ0) is 16.8. The zero-order valence-corrected chi connectivity index (χ0v) is 14.7. The first-order valence-corrected chi connectivity index (χ1v) is 7.93. The van der Waals surface area contributed by atoms with Crippen molar-refractivity contribution >= 4 is 6.09 Å². The monoisotopic (exact) mass is 306 g/mol. The summed E-state index contributed by atoms with van der Waals surface area (Å²) in [5.41, 5.74) is 0.820. The van der Waals surface area contributed by atoms with E-state index in [2.05, 4.69) is 43.4 Å². The number of carbonyl (C=O) groups excluding carboxylic acids is 1. The van der Waals surface area contributed by atoms with Gasteiger partial charge < -0.3 is 15.0 Å². The largest absolute Gasteiger partial charge is 0.444 e. The van der Waals surface area contributed by atoms with Crippen molar-refractivity contribution in [2.45, 2.75) is 46.3 Å². The molecule has 1 unspecified atom stereocenters. The second-order valence-corrected chi connectivity index (χ2v) is 6.99. The van der Waals surface area contributed by atoms with Gasteiger partial charge in [-0.2, -0.15) is 0 Å². The molecule has 0 heterocycles. The molecule has 22 heavy (non-hydrogen) atoms. The Hall–Kier alpha value is -1.55. The first-order chi connectivity index (χ1) is 10.2. The Kier molecular flexibility index (Phi) is 6.88. The summed E-state index contributed by atoms with van der Waals surface area (Å²) in [5, 5.41) is 3.53. The molecule has 0 saturated carbocycles. The topological polar surface area (TPSA) is 41.6 Å². The average Bonchev–Trinajstić information content (AvgIpc) is 2.42. The fourth-order valence-electron chi connectivity index (χ4n) is 2.22. The lowest BCUT2D eigenvalue weighted by atomic mass is 9.96. The van der Waals surface area contributed by atoms with Crippen molar-refractivity contribution in [2.24, 2.45) is 5.92 Å². The van der Waals surface area contributed by atoms with E-state index in [0.29, 0.717) is 12.5 Å². The average molecular weight is 306 g/mol. The number of benzene rings is 1. The number of hydrogen-bond acceptors (Lipinski definition) is 3. The van der Waals surface area contributed by atoms with Crippen molar-refractivity contribution in [1.82, 2.24) is 10.2 Å². The van der Waals surface area contributed by atoms with Crippen molar-refractivity contribution in [3.05, 3.63) is 35.9 Å². The molecule has 0 bridgehead atoms. The van der Waals surface area contributed by atoms with E-state index in [1.165, 1.54) is 5.56 Å². The Morgan fingerprint density at radius 2 is 1.82 bits per heavy atom. The molecular formula is C18H30N2O2. The number of rotatable bonds is 6. The maximum absolute atomic E-state index is 11.9. The predicted molar refractivity (Wildman–Crippen MR) is 90.9 cm³/mol. The molecule has 1 aromatic rings. The maximum atomic E-state index is 11.9. The van der Waals surface area contributed by atoms with Gasteiger partial charge in [0.05, 0.1) is 0 Å². The van der Waals surface area contributed by atoms with Crippen LogP contribution in [0.5, 0.6) is 0 Å². The van der Waals surface area contributed by atoms with Crippen LogP contribution in [-0.4, -0.2) is 36.7 Å². The number of carbonyl (C=O) groups is 1. The molecule has 1 atom stereocenters. The van der Waals surface area contributed by atoms with E-state index in [1.807, 2.05) is 26.8 Å². The number of amides is 1. The van der Waals surface area contributed by atoms with Crippen molar-refractivity contribution in [3.63, 3.8) is 0 Å². The number of likely N-dealkylation sites (N-methyl/N-ethyl adjacent to an activating group) is 1. The summed E-state index contributed by atoms with van der Waals surface area (Å²) in [6.45, 7) is 11.4. The second-order valence-electron chi connectivity index (χ2n) is 6.99.